The van der Waals surface area contributed by atoms with Crippen molar-refractivity contribution in [1.29, 1.82) is 0 Å². The smallest absolute Gasteiger partial charge is 0.337 e. The first-order chi connectivity index (χ1) is 6.81. The second kappa shape index (κ2) is 5.67. The molecule has 0 fully saturated rings. The zero-order valence-corrected chi connectivity index (χ0v) is 9.20. The van der Waals surface area contributed by atoms with Crippen molar-refractivity contribution >= 4 is 11.9 Å². The summed E-state index contributed by atoms with van der Waals surface area (Å²) >= 11 is 0. The van der Waals surface area contributed by atoms with Gasteiger partial charge in [-0.1, -0.05) is 6.92 Å². The van der Waals surface area contributed by atoms with Gasteiger partial charge in [0.15, 0.2) is 5.60 Å². The third kappa shape index (κ3) is 4.75. The second-order valence-corrected chi connectivity index (χ2v) is 3.76. The standard InChI is InChI=1S/C9H18N2O4/c1-6(4-10-3)7(12)11-5-9(2,15)8(13)14/h6,10,15H,4-5H2,1-3H3,(H,11,12)(H,13,14). The summed E-state index contributed by atoms with van der Waals surface area (Å²) in [6.45, 7) is 3.05. The largest absolute Gasteiger partial charge is 0.479 e. The van der Waals surface area contributed by atoms with Crippen molar-refractivity contribution in [3.05, 3.63) is 0 Å². The van der Waals surface area contributed by atoms with Crippen LogP contribution in [0.15, 0.2) is 0 Å². The van der Waals surface area contributed by atoms with Gasteiger partial charge in [0.25, 0.3) is 0 Å². The highest BCUT2D eigenvalue weighted by molar-refractivity contribution is 5.81. The number of aliphatic carboxylic acids is 1. The molecule has 0 aliphatic carbocycles. The third-order valence-electron chi connectivity index (χ3n) is 2.03. The Bertz CT molecular complexity index is 240. The Labute approximate surface area is 88.7 Å². The van der Waals surface area contributed by atoms with E-state index in [1.807, 2.05) is 0 Å². The normalized spacial score (nSPS) is 16.5. The molecule has 0 aromatic carbocycles. The summed E-state index contributed by atoms with van der Waals surface area (Å²) < 4.78 is 0. The van der Waals surface area contributed by atoms with E-state index in [-0.39, 0.29) is 18.4 Å². The molecular formula is C9H18N2O4. The predicted molar refractivity (Wildman–Crippen MR) is 54.4 cm³/mol. The minimum absolute atomic E-state index is 0.264. The second-order valence-electron chi connectivity index (χ2n) is 3.76. The van der Waals surface area contributed by atoms with E-state index in [4.69, 9.17) is 5.11 Å². The molecule has 0 heterocycles. The third-order valence-corrected chi connectivity index (χ3v) is 2.03. The summed E-state index contributed by atoms with van der Waals surface area (Å²) in [4.78, 5) is 21.9. The van der Waals surface area contributed by atoms with Crippen molar-refractivity contribution in [1.82, 2.24) is 10.6 Å². The molecule has 0 aliphatic rings. The van der Waals surface area contributed by atoms with E-state index in [0.29, 0.717) is 6.54 Å². The molecule has 0 bridgehead atoms. The van der Waals surface area contributed by atoms with E-state index >= 15 is 0 Å². The topological polar surface area (TPSA) is 98.7 Å². The molecule has 2 atom stereocenters. The van der Waals surface area contributed by atoms with E-state index in [0.717, 1.165) is 6.92 Å². The van der Waals surface area contributed by atoms with Gasteiger partial charge in [-0.3, -0.25) is 4.79 Å². The van der Waals surface area contributed by atoms with Gasteiger partial charge in [-0.05, 0) is 14.0 Å². The van der Waals surface area contributed by atoms with E-state index in [9.17, 15) is 14.7 Å². The van der Waals surface area contributed by atoms with Crippen LogP contribution in [-0.4, -0.2) is 47.8 Å². The lowest BCUT2D eigenvalue weighted by Crippen LogP contribution is -2.48. The van der Waals surface area contributed by atoms with Crippen LogP contribution < -0.4 is 10.6 Å². The molecule has 0 saturated carbocycles. The number of nitrogens with one attached hydrogen (secondary N) is 2. The number of carbonyl (C=O) groups is 2. The first-order valence-electron chi connectivity index (χ1n) is 4.69. The fraction of sp³-hybridized carbons (Fsp3) is 0.778. The minimum Gasteiger partial charge on any atom is -0.479 e. The highest BCUT2D eigenvalue weighted by Crippen LogP contribution is 2.01. The lowest BCUT2D eigenvalue weighted by molar-refractivity contribution is -0.156. The maximum absolute atomic E-state index is 11.3. The highest BCUT2D eigenvalue weighted by Gasteiger charge is 2.30. The van der Waals surface area contributed by atoms with Crippen molar-refractivity contribution in [3.8, 4) is 0 Å². The average Bonchev–Trinajstić information content (AvgIpc) is 2.14. The maximum atomic E-state index is 11.3. The minimum atomic E-state index is -1.92. The van der Waals surface area contributed by atoms with Gasteiger partial charge in [-0.2, -0.15) is 0 Å². The van der Waals surface area contributed by atoms with Crippen LogP contribution in [0.25, 0.3) is 0 Å². The van der Waals surface area contributed by atoms with Crippen molar-refractivity contribution in [2.75, 3.05) is 20.1 Å². The quantitative estimate of drug-likeness (QED) is 0.448. The number of rotatable bonds is 6. The molecule has 88 valence electrons. The lowest BCUT2D eigenvalue weighted by atomic mass is 10.1. The molecule has 1 amide bonds. The van der Waals surface area contributed by atoms with Crippen LogP contribution >= 0.6 is 0 Å². The zero-order valence-electron chi connectivity index (χ0n) is 9.20. The summed E-state index contributed by atoms with van der Waals surface area (Å²) in [7, 11) is 1.72. The predicted octanol–water partition coefficient (Wildman–Crippen LogP) is -1.21. The van der Waals surface area contributed by atoms with Crippen molar-refractivity contribution in [3.63, 3.8) is 0 Å². The molecule has 0 rings (SSSR count). The Hall–Kier alpha value is -1.14. The van der Waals surface area contributed by atoms with E-state index in [1.54, 1.807) is 14.0 Å². The fourth-order valence-electron chi connectivity index (χ4n) is 0.908. The maximum Gasteiger partial charge on any atom is 0.337 e. The van der Waals surface area contributed by atoms with Gasteiger partial charge in [-0.25, -0.2) is 4.79 Å². The molecule has 4 N–H and O–H groups in total. The number of carboxylic acids is 1. The highest BCUT2D eigenvalue weighted by atomic mass is 16.4. The van der Waals surface area contributed by atoms with E-state index < -0.39 is 11.6 Å². The molecule has 15 heavy (non-hydrogen) atoms. The molecule has 0 radical (unpaired) electrons. The summed E-state index contributed by atoms with van der Waals surface area (Å²) in [6.07, 6.45) is 0. The molecule has 0 aliphatic heterocycles. The molecule has 6 nitrogen and oxygen atoms in total. The molecule has 0 saturated heterocycles. The first-order valence-corrected chi connectivity index (χ1v) is 4.69. The molecule has 6 heteroatoms. The Morgan fingerprint density at radius 2 is 2.00 bits per heavy atom. The molecule has 0 aromatic rings. The Balaban J connectivity index is 4.05. The van der Waals surface area contributed by atoms with Crippen LogP contribution in [-0.2, 0) is 9.59 Å². The molecular weight excluding hydrogens is 200 g/mol. The fourth-order valence-corrected chi connectivity index (χ4v) is 0.908. The summed E-state index contributed by atoms with van der Waals surface area (Å²) in [6, 6.07) is 0. The van der Waals surface area contributed by atoms with Crippen LogP contribution in [0.5, 0.6) is 0 Å². The number of carbonyl (C=O) groups excluding carboxylic acids is 1. The number of amides is 1. The van der Waals surface area contributed by atoms with Gasteiger partial charge < -0.3 is 20.8 Å². The van der Waals surface area contributed by atoms with Gasteiger partial charge in [0.2, 0.25) is 5.91 Å². The van der Waals surface area contributed by atoms with Gasteiger partial charge in [0.1, 0.15) is 0 Å². The number of hydrogen-bond donors (Lipinski definition) is 4. The lowest BCUT2D eigenvalue weighted by Gasteiger charge is -2.19. The summed E-state index contributed by atoms with van der Waals surface area (Å²) in [5.74, 6) is -1.91. The Kier molecular flexibility index (Phi) is 5.24. The van der Waals surface area contributed by atoms with Crippen molar-refractivity contribution in [2.24, 2.45) is 5.92 Å². The van der Waals surface area contributed by atoms with Gasteiger partial charge >= 0.3 is 5.97 Å². The van der Waals surface area contributed by atoms with Gasteiger partial charge in [0.05, 0.1) is 6.54 Å². The van der Waals surface area contributed by atoms with E-state index in [2.05, 4.69) is 10.6 Å². The van der Waals surface area contributed by atoms with Crippen LogP contribution in [0.2, 0.25) is 0 Å². The van der Waals surface area contributed by atoms with Crippen LogP contribution in [0.4, 0.5) is 0 Å². The van der Waals surface area contributed by atoms with Crippen LogP contribution in [0.1, 0.15) is 13.8 Å². The van der Waals surface area contributed by atoms with Crippen molar-refractivity contribution in [2.45, 2.75) is 19.4 Å². The summed E-state index contributed by atoms with van der Waals surface area (Å²) in [5, 5.41) is 23.1. The number of aliphatic hydroxyl groups is 1. The zero-order chi connectivity index (χ0) is 12.1. The number of hydrogen-bond acceptors (Lipinski definition) is 4. The summed E-state index contributed by atoms with van der Waals surface area (Å²) in [5.41, 5.74) is -1.92. The molecule has 0 spiro atoms. The number of carboxylic acid groups (broad SMARTS) is 1. The Morgan fingerprint density at radius 1 is 1.47 bits per heavy atom. The Morgan fingerprint density at radius 3 is 2.40 bits per heavy atom. The van der Waals surface area contributed by atoms with Crippen LogP contribution in [0.3, 0.4) is 0 Å². The first kappa shape index (κ1) is 13.9. The molecule has 2 unspecified atom stereocenters. The van der Waals surface area contributed by atoms with Gasteiger partial charge in [0, 0.05) is 12.5 Å². The van der Waals surface area contributed by atoms with Gasteiger partial charge in [-0.15, -0.1) is 0 Å². The molecule has 0 aromatic heterocycles. The average molecular weight is 218 g/mol. The van der Waals surface area contributed by atoms with Crippen LogP contribution in [0, 0.1) is 5.92 Å². The SMILES string of the molecule is CNCC(C)C(=O)NCC(C)(O)C(=O)O. The van der Waals surface area contributed by atoms with Crippen molar-refractivity contribution < 1.29 is 19.8 Å². The van der Waals surface area contributed by atoms with E-state index in [1.165, 1.54) is 0 Å². The monoisotopic (exact) mass is 218 g/mol.